The minimum atomic E-state index is -0.675. The molecule has 3 atom stereocenters. The Kier molecular flexibility index (Phi) is 6.28. The SMILES string of the molecule is OC1C(N2CC3CNCC3C2)=Nc2ncccc2N1C1CCN(C2CCCCCCC2)CC1. The molecular weight excluding hydrogens is 412 g/mol. The summed E-state index contributed by atoms with van der Waals surface area (Å²) in [5, 5.41) is 15.1. The zero-order valence-corrected chi connectivity index (χ0v) is 19.9. The second-order valence-electron chi connectivity index (χ2n) is 10.9. The van der Waals surface area contributed by atoms with Crippen molar-refractivity contribution in [3.05, 3.63) is 18.3 Å². The summed E-state index contributed by atoms with van der Waals surface area (Å²) in [6.45, 7) is 6.43. The number of aliphatic hydroxyl groups is 1. The Hall–Kier alpha value is -1.70. The van der Waals surface area contributed by atoms with Gasteiger partial charge in [0.15, 0.2) is 17.9 Å². The van der Waals surface area contributed by atoms with E-state index in [0.29, 0.717) is 17.9 Å². The van der Waals surface area contributed by atoms with Gasteiger partial charge in [0.25, 0.3) is 0 Å². The lowest BCUT2D eigenvalue weighted by molar-refractivity contribution is 0.115. The molecule has 0 aromatic carbocycles. The van der Waals surface area contributed by atoms with Gasteiger partial charge in [-0.05, 0) is 49.7 Å². The Morgan fingerprint density at radius 1 is 0.879 bits per heavy atom. The van der Waals surface area contributed by atoms with Crippen LogP contribution < -0.4 is 10.2 Å². The van der Waals surface area contributed by atoms with Crippen molar-refractivity contribution in [1.29, 1.82) is 0 Å². The number of amidine groups is 1. The van der Waals surface area contributed by atoms with Crippen LogP contribution in [0, 0.1) is 11.8 Å². The van der Waals surface area contributed by atoms with Gasteiger partial charge in [0, 0.05) is 57.5 Å². The highest BCUT2D eigenvalue weighted by molar-refractivity contribution is 5.95. The Morgan fingerprint density at radius 2 is 1.58 bits per heavy atom. The predicted octanol–water partition coefficient (Wildman–Crippen LogP) is 2.98. The molecule has 4 fully saturated rings. The highest BCUT2D eigenvalue weighted by Crippen LogP contribution is 2.38. The van der Waals surface area contributed by atoms with Crippen LogP contribution in [0.25, 0.3) is 0 Å². The van der Waals surface area contributed by atoms with Gasteiger partial charge in [0.1, 0.15) is 0 Å². The maximum absolute atomic E-state index is 11.6. The van der Waals surface area contributed by atoms with Gasteiger partial charge < -0.3 is 25.1 Å². The molecule has 0 amide bonds. The van der Waals surface area contributed by atoms with Gasteiger partial charge >= 0.3 is 0 Å². The fraction of sp³-hybridized carbons (Fsp3) is 0.769. The van der Waals surface area contributed by atoms with E-state index < -0.39 is 6.23 Å². The summed E-state index contributed by atoms with van der Waals surface area (Å²) in [4.78, 5) is 16.9. The normalized spacial score (nSPS) is 32.3. The Balaban J connectivity index is 1.18. The highest BCUT2D eigenvalue weighted by atomic mass is 16.3. The van der Waals surface area contributed by atoms with Gasteiger partial charge in [-0.3, -0.25) is 0 Å². The highest BCUT2D eigenvalue weighted by Gasteiger charge is 2.43. The first kappa shape index (κ1) is 21.8. The number of nitrogens with one attached hydrogen (secondary N) is 1. The number of hydrogen-bond acceptors (Lipinski definition) is 7. The zero-order chi connectivity index (χ0) is 22.2. The fourth-order valence-electron chi connectivity index (χ4n) is 7.10. The van der Waals surface area contributed by atoms with Crippen molar-refractivity contribution in [1.82, 2.24) is 20.1 Å². The summed E-state index contributed by atoms with van der Waals surface area (Å²) in [6.07, 6.45) is 13.1. The number of likely N-dealkylation sites (tertiary alicyclic amines) is 2. The molecular formula is C26H40N6O. The first-order valence-electron chi connectivity index (χ1n) is 13.5. The molecule has 180 valence electrons. The number of anilines is 1. The second-order valence-corrected chi connectivity index (χ2v) is 10.9. The standard InChI is InChI=1S/C26H40N6O/c33-26-25(31-17-19-15-27-16-20(19)18-31)29-24-23(9-6-12-28-24)32(26)22-10-13-30(14-11-22)21-7-4-2-1-3-5-8-21/h6,9,12,19-22,26-27,33H,1-5,7-8,10-11,13-18H2. The van der Waals surface area contributed by atoms with Crippen molar-refractivity contribution >= 4 is 17.3 Å². The summed E-state index contributed by atoms with van der Waals surface area (Å²) < 4.78 is 0. The quantitative estimate of drug-likeness (QED) is 0.719. The van der Waals surface area contributed by atoms with Crippen molar-refractivity contribution in [2.45, 2.75) is 76.1 Å². The molecule has 7 heteroatoms. The van der Waals surface area contributed by atoms with E-state index in [1.165, 1.54) is 44.9 Å². The minimum Gasteiger partial charge on any atom is -0.367 e. The molecule has 3 unspecified atom stereocenters. The van der Waals surface area contributed by atoms with E-state index in [9.17, 15) is 5.11 Å². The number of hydrogen-bond donors (Lipinski definition) is 2. The van der Waals surface area contributed by atoms with Crippen molar-refractivity contribution in [3.63, 3.8) is 0 Å². The van der Waals surface area contributed by atoms with E-state index in [1.54, 1.807) is 0 Å². The van der Waals surface area contributed by atoms with Gasteiger partial charge in [0.05, 0.1) is 5.69 Å². The average Bonchev–Trinajstić information content (AvgIpc) is 3.41. The average molecular weight is 453 g/mol. The van der Waals surface area contributed by atoms with Crippen LogP contribution in [0.1, 0.15) is 57.8 Å². The van der Waals surface area contributed by atoms with Crippen LogP contribution in [0.3, 0.4) is 0 Å². The number of pyridine rings is 1. The van der Waals surface area contributed by atoms with Crippen LogP contribution >= 0.6 is 0 Å². The van der Waals surface area contributed by atoms with Gasteiger partial charge in [-0.15, -0.1) is 0 Å². The molecule has 7 nitrogen and oxygen atoms in total. The number of nitrogens with zero attached hydrogens (tertiary/aromatic N) is 5. The first-order valence-corrected chi connectivity index (χ1v) is 13.5. The molecule has 6 rings (SSSR count). The summed E-state index contributed by atoms with van der Waals surface area (Å²) >= 11 is 0. The summed E-state index contributed by atoms with van der Waals surface area (Å²) in [5.41, 5.74) is 0.999. The lowest BCUT2D eigenvalue weighted by Crippen LogP contribution is -2.57. The number of aliphatic hydroxyl groups excluding tert-OH is 1. The third-order valence-corrected chi connectivity index (χ3v) is 8.96. The summed E-state index contributed by atoms with van der Waals surface area (Å²) in [7, 11) is 0. The maximum Gasteiger partial charge on any atom is 0.186 e. The lowest BCUT2D eigenvalue weighted by atomic mass is 9.93. The maximum atomic E-state index is 11.6. The Labute approximate surface area is 198 Å². The topological polar surface area (TPSA) is 67.2 Å². The molecule has 5 aliphatic rings. The molecule has 5 heterocycles. The monoisotopic (exact) mass is 452 g/mol. The summed E-state index contributed by atoms with van der Waals surface area (Å²) in [6, 6.07) is 5.17. The van der Waals surface area contributed by atoms with E-state index in [1.807, 2.05) is 12.3 Å². The molecule has 4 aliphatic heterocycles. The Morgan fingerprint density at radius 3 is 2.30 bits per heavy atom. The largest absolute Gasteiger partial charge is 0.367 e. The molecule has 1 aromatic rings. The van der Waals surface area contributed by atoms with E-state index in [-0.39, 0.29) is 0 Å². The Bertz CT molecular complexity index is 833. The molecule has 0 bridgehead atoms. The van der Waals surface area contributed by atoms with Crippen LogP contribution in [0.2, 0.25) is 0 Å². The number of piperidine rings is 1. The lowest BCUT2D eigenvalue weighted by Gasteiger charge is -2.46. The van der Waals surface area contributed by atoms with Crippen LogP contribution in [0.4, 0.5) is 11.5 Å². The van der Waals surface area contributed by atoms with Crippen LogP contribution in [0.15, 0.2) is 23.3 Å². The van der Waals surface area contributed by atoms with Crippen LogP contribution in [0.5, 0.6) is 0 Å². The van der Waals surface area contributed by atoms with E-state index in [0.717, 1.165) is 75.5 Å². The molecule has 3 saturated heterocycles. The summed E-state index contributed by atoms with van der Waals surface area (Å²) in [5.74, 6) is 2.93. The molecule has 1 saturated carbocycles. The molecule has 0 spiro atoms. The first-order chi connectivity index (χ1) is 16.3. The van der Waals surface area contributed by atoms with Crippen LogP contribution in [-0.2, 0) is 0 Å². The van der Waals surface area contributed by atoms with Crippen molar-refractivity contribution < 1.29 is 5.11 Å². The van der Waals surface area contributed by atoms with Crippen molar-refractivity contribution in [2.75, 3.05) is 44.2 Å². The van der Waals surface area contributed by atoms with Gasteiger partial charge in [-0.2, -0.15) is 0 Å². The minimum absolute atomic E-state index is 0.335. The number of rotatable bonds is 2. The molecule has 1 aromatic heterocycles. The van der Waals surface area contributed by atoms with E-state index in [4.69, 9.17) is 4.99 Å². The number of aromatic nitrogens is 1. The molecule has 2 N–H and O–H groups in total. The third-order valence-electron chi connectivity index (χ3n) is 8.96. The number of aliphatic imine (C=N–C) groups is 1. The third kappa shape index (κ3) is 4.28. The van der Waals surface area contributed by atoms with Gasteiger partial charge in [-0.1, -0.05) is 32.1 Å². The van der Waals surface area contributed by atoms with Crippen molar-refractivity contribution in [3.8, 4) is 0 Å². The number of fused-ring (bicyclic) bond motifs is 2. The van der Waals surface area contributed by atoms with E-state index >= 15 is 0 Å². The zero-order valence-electron chi connectivity index (χ0n) is 19.9. The van der Waals surface area contributed by atoms with Crippen molar-refractivity contribution in [2.24, 2.45) is 16.8 Å². The molecule has 33 heavy (non-hydrogen) atoms. The van der Waals surface area contributed by atoms with E-state index in [2.05, 4.69) is 31.1 Å². The molecule has 1 aliphatic carbocycles. The molecule has 0 radical (unpaired) electrons. The van der Waals surface area contributed by atoms with Gasteiger partial charge in [-0.25, -0.2) is 9.98 Å². The second kappa shape index (κ2) is 9.51. The fourth-order valence-corrected chi connectivity index (χ4v) is 7.10. The van der Waals surface area contributed by atoms with Crippen LogP contribution in [-0.4, -0.2) is 83.3 Å². The predicted molar refractivity (Wildman–Crippen MR) is 132 cm³/mol. The smallest absolute Gasteiger partial charge is 0.186 e. The van der Waals surface area contributed by atoms with Gasteiger partial charge in [0.2, 0.25) is 0 Å².